The minimum atomic E-state index is -0.0988. The molecule has 0 radical (unpaired) electrons. The zero-order valence-electron chi connectivity index (χ0n) is 12.4. The van der Waals surface area contributed by atoms with Crippen LogP contribution in [0.5, 0.6) is 5.75 Å². The number of rotatable bonds is 2. The fourth-order valence-corrected chi connectivity index (χ4v) is 3.68. The Balaban J connectivity index is 2.13. The van der Waals surface area contributed by atoms with Crippen LogP contribution in [0.25, 0.3) is 10.8 Å². The van der Waals surface area contributed by atoms with Crippen LogP contribution in [0.2, 0.25) is 0 Å². The maximum absolute atomic E-state index is 12.0. The maximum Gasteiger partial charge on any atom is 0.309 e. The van der Waals surface area contributed by atoms with Crippen LogP contribution in [-0.4, -0.2) is 18.2 Å². The Labute approximate surface area is 124 Å². The van der Waals surface area contributed by atoms with Gasteiger partial charge in [0.25, 0.3) is 0 Å². The summed E-state index contributed by atoms with van der Waals surface area (Å²) in [4.78, 5) is 12.0. The van der Waals surface area contributed by atoms with Crippen LogP contribution in [0.3, 0.4) is 0 Å². The van der Waals surface area contributed by atoms with Gasteiger partial charge in [-0.15, -0.1) is 0 Å². The Morgan fingerprint density at radius 1 is 1.33 bits per heavy atom. The number of carbonyl (C=O) groups is 1. The van der Waals surface area contributed by atoms with Gasteiger partial charge in [0.05, 0.1) is 13.0 Å². The molecule has 2 aromatic rings. The summed E-state index contributed by atoms with van der Waals surface area (Å²) >= 11 is 0. The Hall–Kier alpha value is -2.03. The standard InChI is InChI=1S/C18H20O3/c1-3-13-15-6-4-11-10-12(19)5-7-14(11)16(15)8-9-17(13)18(20)21-2/h4-7,10,13,17,19H,3,8-9H2,1-2H3/t13-,17+/m0/s1. The third kappa shape index (κ3) is 2.27. The first-order valence-electron chi connectivity index (χ1n) is 7.48. The van der Waals surface area contributed by atoms with Gasteiger partial charge >= 0.3 is 5.97 Å². The second-order valence-corrected chi connectivity index (χ2v) is 5.72. The van der Waals surface area contributed by atoms with Crippen molar-refractivity contribution in [2.24, 2.45) is 5.92 Å². The number of ether oxygens (including phenoxy) is 1. The monoisotopic (exact) mass is 284 g/mol. The van der Waals surface area contributed by atoms with Crippen molar-refractivity contribution in [3.05, 3.63) is 41.5 Å². The third-order valence-corrected chi connectivity index (χ3v) is 4.69. The van der Waals surface area contributed by atoms with Crippen LogP contribution >= 0.6 is 0 Å². The predicted molar refractivity (Wildman–Crippen MR) is 82.5 cm³/mol. The van der Waals surface area contributed by atoms with E-state index >= 15 is 0 Å². The molecule has 2 atom stereocenters. The summed E-state index contributed by atoms with van der Waals surface area (Å²) in [6.45, 7) is 2.12. The predicted octanol–water partition coefficient (Wildman–Crippen LogP) is 3.77. The maximum atomic E-state index is 12.0. The highest BCUT2D eigenvalue weighted by Gasteiger charge is 2.34. The summed E-state index contributed by atoms with van der Waals surface area (Å²) in [5.74, 6) is 0.373. The second-order valence-electron chi connectivity index (χ2n) is 5.72. The number of aromatic hydroxyl groups is 1. The van der Waals surface area contributed by atoms with Gasteiger partial charge in [-0.25, -0.2) is 0 Å². The summed E-state index contributed by atoms with van der Waals surface area (Å²) in [6, 6.07) is 9.66. The first-order chi connectivity index (χ1) is 10.2. The van der Waals surface area contributed by atoms with E-state index in [1.165, 1.54) is 23.6 Å². The Morgan fingerprint density at radius 2 is 2.14 bits per heavy atom. The van der Waals surface area contributed by atoms with Crippen molar-refractivity contribution in [2.45, 2.75) is 32.1 Å². The lowest BCUT2D eigenvalue weighted by Gasteiger charge is -2.32. The van der Waals surface area contributed by atoms with Crippen molar-refractivity contribution in [3.8, 4) is 5.75 Å². The molecule has 3 heteroatoms. The lowest BCUT2D eigenvalue weighted by Crippen LogP contribution is -2.28. The molecule has 0 heterocycles. The third-order valence-electron chi connectivity index (χ3n) is 4.69. The lowest BCUT2D eigenvalue weighted by molar-refractivity contribution is -0.146. The molecule has 0 spiro atoms. The smallest absolute Gasteiger partial charge is 0.309 e. The summed E-state index contributed by atoms with van der Waals surface area (Å²) in [6.07, 6.45) is 2.64. The Morgan fingerprint density at radius 3 is 2.86 bits per heavy atom. The molecule has 0 aromatic heterocycles. The molecule has 3 nitrogen and oxygen atoms in total. The molecule has 0 saturated carbocycles. The molecule has 21 heavy (non-hydrogen) atoms. The van der Waals surface area contributed by atoms with E-state index in [1.54, 1.807) is 12.1 Å². The average Bonchev–Trinajstić information content (AvgIpc) is 2.52. The summed E-state index contributed by atoms with van der Waals surface area (Å²) in [5, 5.41) is 11.9. The number of carbonyl (C=O) groups excluding carboxylic acids is 1. The van der Waals surface area contributed by atoms with Gasteiger partial charge in [-0.2, -0.15) is 0 Å². The SMILES string of the molecule is CC[C@H]1c2ccc3cc(O)ccc3c2CC[C@H]1C(=O)OC. The molecule has 0 fully saturated rings. The molecule has 1 aliphatic rings. The minimum Gasteiger partial charge on any atom is -0.508 e. The highest BCUT2D eigenvalue weighted by molar-refractivity contribution is 5.89. The molecular weight excluding hydrogens is 264 g/mol. The first-order valence-corrected chi connectivity index (χ1v) is 7.48. The lowest BCUT2D eigenvalue weighted by atomic mass is 9.72. The van der Waals surface area contributed by atoms with Gasteiger partial charge in [-0.05, 0) is 59.2 Å². The molecule has 0 saturated heterocycles. The second kappa shape index (κ2) is 5.40. The van der Waals surface area contributed by atoms with E-state index in [1.807, 2.05) is 12.1 Å². The van der Waals surface area contributed by atoms with Crippen LogP contribution in [0.1, 0.15) is 36.8 Å². The number of benzene rings is 2. The Bertz CT molecular complexity index is 690. The molecule has 2 aromatic carbocycles. The van der Waals surface area contributed by atoms with Crippen molar-refractivity contribution in [3.63, 3.8) is 0 Å². The molecule has 0 unspecified atom stereocenters. The number of phenols is 1. The number of phenolic OH excluding ortho intramolecular Hbond substituents is 1. The highest BCUT2D eigenvalue weighted by Crippen LogP contribution is 2.42. The van der Waals surface area contributed by atoms with Gasteiger partial charge in [-0.3, -0.25) is 4.79 Å². The van der Waals surface area contributed by atoms with Gasteiger partial charge in [0.2, 0.25) is 0 Å². The summed E-state index contributed by atoms with van der Waals surface area (Å²) in [5.41, 5.74) is 2.58. The van der Waals surface area contributed by atoms with E-state index in [4.69, 9.17) is 4.74 Å². The molecule has 0 aliphatic heterocycles. The van der Waals surface area contributed by atoms with Gasteiger partial charge in [-0.1, -0.05) is 25.1 Å². The number of methoxy groups -OCH3 is 1. The van der Waals surface area contributed by atoms with Gasteiger partial charge in [0, 0.05) is 0 Å². The van der Waals surface area contributed by atoms with Crippen LogP contribution < -0.4 is 0 Å². The molecule has 1 aliphatic carbocycles. The largest absolute Gasteiger partial charge is 0.508 e. The molecular formula is C18H20O3. The number of hydrogen-bond donors (Lipinski definition) is 1. The zero-order valence-corrected chi connectivity index (χ0v) is 12.4. The van der Waals surface area contributed by atoms with Crippen molar-refractivity contribution in [1.29, 1.82) is 0 Å². The minimum absolute atomic E-state index is 0.0398. The van der Waals surface area contributed by atoms with Crippen LogP contribution in [-0.2, 0) is 16.0 Å². The summed E-state index contributed by atoms with van der Waals surface area (Å²) in [7, 11) is 1.47. The van der Waals surface area contributed by atoms with E-state index in [0.717, 1.165) is 24.6 Å². The Kier molecular flexibility index (Phi) is 3.58. The topological polar surface area (TPSA) is 46.5 Å². The van der Waals surface area contributed by atoms with Gasteiger partial charge in [0.15, 0.2) is 0 Å². The van der Waals surface area contributed by atoms with Crippen LogP contribution in [0.15, 0.2) is 30.3 Å². The van der Waals surface area contributed by atoms with Crippen molar-refractivity contribution in [1.82, 2.24) is 0 Å². The normalized spacial score (nSPS) is 21.0. The highest BCUT2D eigenvalue weighted by atomic mass is 16.5. The number of fused-ring (bicyclic) bond motifs is 3. The van der Waals surface area contributed by atoms with Crippen molar-refractivity contribution >= 4 is 16.7 Å². The van der Waals surface area contributed by atoms with E-state index in [2.05, 4.69) is 13.0 Å². The summed E-state index contributed by atoms with van der Waals surface area (Å²) < 4.78 is 4.97. The van der Waals surface area contributed by atoms with E-state index in [0.29, 0.717) is 0 Å². The van der Waals surface area contributed by atoms with E-state index in [-0.39, 0.29) is 23.6 Å². The van der Waals surface area contributed by atoms with E-state index < -0.39 is 0 Å². The van der Waals surface area contributed by atoms with Crippen molar-refractivity contribution in [2.75, 3.05) is 7.11 Å². The van der Waals surface area contributed by atoms with Crippen molar-refractivity contribution < 1.29 is 14.6 Å². The molecule has 1 N–H and O–H groups in total. The number of hydrogen-bond acceptors (Lipinski definition) is 3. The molecule has 0 amide bonds. The number of aryl methyl sites for hydroxylation is 1. The fourth-order valence-electron chi connectivity index (χ4n) is 3.68. The number of esters is 1. The van der Waals surface area contributed by atoms with Gasteiger partial charge in [0.1, 0.15) is 5.75 Å². The van der Waals surface area contributed by atoms with Crippen LogP contribution in [0.4, 0.5) is 0 Å². The van der Waals surface area contributed by atoms with Crippen LogP contribution in [0, 0.1) is 5.92 Å². The zero-order chi connectivity index (χ0) is 15.0. The molecule has 0 bridgehead atoms. The van der Waals surface area contributed by atoms with Gasteiger partial charge < -0.3 is 9.84 Å². The first kappa shape index (κ1) is 13.9. The van der Waals surface area contributed by atoms with E-state index in [9.17, 15) is 9.90 Å². The fraction of sp³-hybridized carbons (Fsp3) is 0.389. The quantitative estimate of drug-likeness (QED) is 0.854. The molecule has 110 valence electrons. The molecule has 3 rings (SSSR count). The average molecular weight is 284 g/mol.